The maximum absolute atomic E-state index is 12.0. The molecule has 0 fully saturated rings. The van der Waals surface area contributed by atoms with Crippen LogP contribution in [0.2, 0.25) is 5.02 Å². The fourth-order valence-corrected chi connectivity index (χ4v) is 2.08. The van der Waals surface area contributed by atoms with Gasteiger partial charge in [-0.25, -0.2) is 4.68 Å². The third kappa shape index (κ3) is 4.58. The monoisotopic (exact) mass is 306 g/mol. The summed E-state index contributed by atoms with van der Waals surface area (Å²) in [5, 5.41) is 10.9. The van der Waals surface area contributed by atoms with Crippen LogP contribution in [0.5, 0.6) is 0 Å². The molecule has 0 radical (unpaired) electrons. The molecular formula is C15H19ClN4O. The van der Waals surface area contributed by atoms with E-state index in [4.69, 9.17) is 11.6 Å². The summed E-state index contributed by atoms with van der Waals surface area (Å²) in [7, 11) is 0. The Morgan fingerprint density at radius 1 is 1.43 bits per heavy atom. The van der Waals surface area contributed by atoms with Crippen molar-refractivity contribution in [2.24, 2.45) is 0 Å². The highest BCUT2D eigenvalue weighted by atomic mass is 35.5. The van der Waals surface area contributed by atoms with E-state index >= 15 is 0 Å². The second-order valence-electron chi connectivity index (χ2n) is 5.02. The first-order chi connectivity index (χ1) is 10.1. The van der Waals surface area contributed by atoms with E-state index in [1.165, 1.54) is 0 Å². The number of anilines is 1. The molecule has 0 aliphatic rings. The van der Waals surface area contributed by atoms with Gasteiger partial charge in [0.2, 0.25) is 5.91 Å². The van der Waals surface area contributed by atoms with E-state index in [0.717, 1.165) is 5.69 Å². The number of carbonyl (C=O) groups excluding carboxylic acids is 1. The largest absolute Gasteiger partial charge is 0.324 e. The van der Waals surface area contributed by atoms with Crippen molar-refractivity contribution in [2.75, 3.05) is 11.9 Å². The Labute approximate surface area is 129 Å². The molecule has 0 atom stereocenters. The van der Waals surface area contributed by atoms with Crippen LogP contribution in [0.4, 0.5) is 5.69 Å². The molecule has 0 spiro atoms. The van der Waals surface area contributed by atoms with E-state index in [1.54, 1.807) is 23.0 Å². The molecule has 21 heavy (non-hydrogen) atoms. The normalized spacial score (nSPS) is 10.9. The highest BCUT2D eigenvalue weighted by molar-refractivity contribution is 6.31. The van der Waals surface area contributed by atoms with Crippen LogP contribution in [0.1, 0.15) is 20.3 Å². The van der Waals surface area contributed by atoms with Crippen molar-refractivity contribution in [3.63, 3.8) is 0 Å². The lowest BCUT2D eigenvalue weighted by molar-refractivity contribution is -0.116. The minimum Gasteiger partial charge on any atom is -0.324 e. The average molecular weight is 307 g/mol. The minimum atomic E-state index is -0.0566. The molecular weight excluding hydrogens is 288 g/mol. The number of rotatable bonds is 6. The number of aromatic nitrogens is 2. The van der Waals surface area contributed by atoms with E-state index in [-0.39, 0.29) is 5.91 Å². The van der Waals surface area contributed by atoms with Gasteiger partial charge in [0.25, 0.3) is 0 Å². The molecule has 2 N–H and O–H groups in total. The molecule has 112 valence electrons. The number of carbonyl (C=O) groups is 1. The fraction of sp³-hybridized carbons (Fsp3) is 0.333. The third-order valence-electron chi connectivity index (χ3n) is 2.89. The van der Waals surface area contributed by atoms with Gasteiger partial charge in [0.1, 0.15) is 0 Å². The first kappa shape index (κ1) is 15.5. The van der Waals surface area contributed by atoms with Crippen LogP contribution in [0.3, 0.4) is 0 Å². The van der Waals surface area contributed by atoms with E-state index in [0.29, 0.717) is 29.7 Å². The van der Waals surface area contributed by atoms with Crippen LogP contribution in [-0.2, 0) is 4.79 Å². The molecule has 0 bridgehead atoms. The Morgan fingerprint density at radius 2 is 2.24 bits per heavy atom. The third-order valence-corrected chi connectivity index (χ3v) is 3.12. The maximum atomic E-state index is 12.0. The van der Waals surface area contributed by atoms with Crippen molar-refractivity contribution in [2.45, 2.75) is 26.3 Å². The van der Waals surface area contributed by atoms with Gasteiger partial charge in [-0.3, -0.25) is 4.79 Å². The standard InChI is InChI=1S/C15H19ClN4O/c1-11(2)17-8-6-15(21)19-13-10-12(16)4-5-14(13)20-9-3-7-18-20/h3-5,7,9-11,17H,6,8H2,1-2H3,(H,19,21). The molecule has 1 aromatic heterocycles. The summed E-state index contributed by atoms with van der Waals surface area (Å²) in [6.07, 6.45) is 3.91. The summed E-state index contributed by atoms with van der Waals surface area (Å²) >= 11 is 6.01. The zero-order valence-corrected chi connectivity index (χ0v) is 12.9. The van der Waals surface area contributed by atoms with E-state index in [1.807, 2.05) is 32.2 Å². The molecule has 2 aromatic rings. The van der Waals surface area contributed by atoms with Crippen LogP contribution in [0, 0.1) is 0 Å². The predicted molar refractivity (Wildman–Crippen MR) is 85.0 cm³/mol. The molecule has 0 unspecified atom stereocenters. The smallest absolute Gasteiger partial charge is 0.225 e. The fourth-order valence-electron chi connectivity index (χ4n) is 1.91. The SMILES string of the molecule is CC(C)NCCC(=O)Nc1cc(Cl)ccc1-n1cccn1. The van der Waals surface area contributed by atoms with Crippen LogP contribution in [-0.4, -0.2) is 28.3 Å². The maximum Gasteiger partial charge on any atom is 0.225 e. The molecule has 0 aliphatic heterocycles. The Hall–Kier alpha value is -1.85. The van der Waals surface area contributed by atoms with Gasteiger partial charge in [-0.15, -0.1) is 0 Å². The Balaban J connectivity index is 2.08. The molecule has 1 heterocycles. The van der Waals surface area contributed by atoms with Crippen molar-refractivity contribution in [3.8, 4) is 5.69 Å². The van der Waals surface area contributed by atoms with E-state index < -0.39 is 0 Å². The summed E-state index contributed by atoms with van der Waals surface area (Å²) in [5.41, 5.74) is 1.44. The molecule has 0 saturated heterocycles. The lowest BCUT2D eigenvalue weighted by Gasteiger charge is -2.12. The van der Waals surface area contributed by atoms with Gasteiger partial charge in [-0.2, -0.15) is 5.10 Å². The molecule has 0 aliphatic carbocycles. The highest BCUT2D eigenvalue weighted by Gasteiger charge is 2.09. The van der Waals surface area contributed by atoms with E-state index in [2.05, 4.69) is 15.7 Å². The van der Waals surface area contributed by atoms with Crippen LogP contribution in [0.25, 0.3) is 5.69 Å². The summed E-state index contributed by atoms with van der Waals surface area (Å²) < 4.78 is 1.69. The average Bonchev–Trinajstić information content (AvgIpc) is 2.92. The lowest BCUT2D eigenvalue weighted by Crippen LogP contribution is -2.27. The number of halogens is 1. The Morgan fingerprint density at radius 3 is 2.90 bits per heavy atom. The zero-order valence-electron chi connectivity index (χ0n) is 12.1. The summed E-state index contributed by atoms with van der Waals surface area (Å²) in [6, 6.07) is 7.52. The van der Waals surface area contributed by atoms with Gasteiger partial charge in [-0.05, 0) is 24.3 Å². The van der Waals surface area contributed by atoms with Crippen LogP contribution < -0.4 is 10.6 Å². The predicted octanol–water partition coefficient (Wildman–Crippen LogP) is 2.85. The molecule has 2 rings (SSSR count). The molecule has 5 nitrogen and oxygen atoms in total. The Bertz CT molecular complexity index is 596. The van der Waals surface area contributed by atoms with Gasteiger partial charge in [-0.1, -0.05) is 25.4 Å². The van der Waals surface area contributed by atoms with Crippen molar-refractivity contribution < 1.29 is 4.79 Å². The second kappa shape index (κ2) is 7.24. The van der Waals surface area contributed by atoms with Crippen molar-refractivity contribution >= 4 is 23.2 Å². The van der Waals surface area contributed by atoms with Crippen LogP contribution >= 0.6 is 11.6 Å². The number of hydrogen-bond acceptors (Lipinski definition) is 3. The van der Waals surface area contributed by atoms with Gasteiger partial charge >= 0.3 is 0 Å². The van der Waals surface area contributed by atoms with Gasteiger partial charge < -0.3 is 10.6 Å². The summed E-state index contributed by atoms with van der Waals surface area (Å²) in [6.45, 7) is 4.73. The van der Waals surface area contributed by atoms with E-state index in [9.17, 15) is 4.79 Å². The lowest BCUT2D eigenvalue weighted by atomic mass is 10.2. The topological polar surface area (TPSA) is 59.0 Å². The number of amides is 1. The van der Waals surface area contributed by atoms with Crippen molar-refractivity contribution in [1.82, 2.24) is 15.1 Å². The molecule has 1 amide bonds. The van der Waals surface area contributed by atoms with Crippen molar-refractivity contribution in [1.29, 1.82) is 0 Å². The molecule has 6 heteroatoms. The second-order valence-corrected chi connectivity index (χ2v) is 5.46. The minimum absolute atomic E-state index is 0.0566. The zero-order chi connectivity index (χ0) is 15.2. The first-order valence-corrected chi connectivity index (χ1v) is 7.27. The van der Waals surface area contributed by atoms with Crippen LogP contribution in [0.15, 0.2) is 36.7 Å². The molecule has 1 aromatic carbocycles. The number of nitrogens with zero attached hydrogens (tertiary/aromatic N) is 2. The van der Waals surface area contributed by atoms with Gasteiger partial charge in [0.05, 0.1) is 11.4 Å². The number of hydrogen-bond donors (Lipinski definition) is 2. The first-order valence-electron chi connectivity index (χ1n) is 6.89. The summed E-state index contributed by atoms with van der Waals surface area (Å²) in [5.74, 6) is -0.0566. The summed E-state index contributed by atoms with van der Waals surface area (Å²) in [4.78, 5) is 12.0. The number of benzene rings is 1. The van der Waals surface area contributed by atoms with Crippen molar-refractivity contribution in [3.05, 3.63) is 41.7 Å². The molecule has 0 saturated carbocycles. The van der Waals surface area contributed by atoms with Gasteiger partial charge in [0.15, 0.2) is 0 Å². The Kier molecular flexibility index (Phi) is 5.36. The quantitative estimate of drug-likeness (QED) is 0.863. The van der Waals surface area contributed by atoms with Gasteiger partial charge in [0, 0.05) is 36.4 Å². The highest BCUT2D eigenvalue weighted by Crippen LogP contribution is 2.24. The number of nitrogens with one attached hydrogen (secondary N) is 2.